The van der Waals surface area contributed by atoms with Crippen LogP contribution in [0.4, 0.5) is 0 Å². The van der Waals surface area contributed by atoms with E-state index in [9.17, 15) is 4.79 Å². The van der Waals surface area contributed by atoms with Crippen LogP contribution in [-0.2, 0) is 6.54 Å². The van der Waals surface area contributed by atoms with Gasteiger partial charge in [-0.25, -0.2) is 4.98 Å². The third-order valence-corrected chi connectivity index (χ3v) is 2.97. The summed E-state index contributed by atoms with van der Waals surface area (Å²) in [5, 5.41) is 0. The van der Waals surface area contributed by atoms with Crippen LogP contribution in [0.1, 0.15) is 5.56 Å². The van der Waals surface area contributed by atoms with Crippen molar-refractivity contribution in [3.8, 4) is 0 Å². The molecule has 0 saturated carbocycles. The summed E-state index contributed by atoms with van der Waals surface area (Å²) < 4.78 is 9.43. The van der Waals surface area contributed by atoms with E-state index >= 15 is 0 Å². The fourth-order valence-corrected chi connectivity index (χ4v) is 2.10. The lowest BCUT2D eigenvalue weighted by Crippen LogP contribution is -2.21. The highest BCUT2D eigenvalue weighted by molar-refractivity contribution is 7.00. The molecule has 0 amide bonds. The van der Waals surface area contributed by atoms with Crippen molar-refractivity contribution in [2.24, 2.45) is 0 Å². The number of hydrogen-bond donors (Lipinski definition) is 0. The normalized spacial score (nSPS) is 10.8. The smallest absolute Gasteiger partial charge is 0.283 e. The summed E-state index contributed by atoms with van der Waals surface area (Å²) in [6.45, 7) is 0.500. The molecule has 6 heteroatoms. The van der Waals surface area contributed by atoms with Gasteiger partial charge in [-0.15, -0.1) is 0 Å². The summed E-state index contributed by atoms with van der Waals surface area (Å²) in [5.41, 5.74) is 1.67. The largest absolute Gasteiger partial charge is 0.293 e. The third kappa shape index (κ3) is 1.83. The van der Waals surface area contributed by atoms with Gasteiger partial charge in [-0.1, -0.05) is 30.3 Å². The van der Waals surface area contributed by atoms with Gasteiger partial charge in [0.1, 0.15) is 6.33 Å². The third-order valence-electron chi connectivity index (χ3n) is 2.45. The minimum absolute atomic E-state index is 0.146. The second-order valence-corrected chi connectivity index (χ2v) is 4.13. The SMILES string of the molecule is O=c1c2nsnc2ncn1Cc1ccccc1. The molecule has 0 unspecified atom stereocenters. The zero-order valence-corrected chi connectivity index (χ0v) is 9.59. The maximum absolute atomic E-state index is 12.0. The van der Waals surface area contributed by atoms with Crippen molar-refractivity contribution in [1.29, 1.82) is 0 Å². The van der Waals surface area contributed by atoms with Crippen LogP contribution in [0.3, 0.4) is 0 Å². The van der Waals surface area contributed by atoms with Crippen LogP contribution in [0.5, 0.6) is 0 Å². The van der Waals surface area contributed by atoms with Crippen molar-refractivity contribution >= 4 is 22.9 Å². The highest BCUT2D eigenvalue weighted by atomic mass is 32.1. The average Bonchev–Trinajstić information content (AvgIpc) is 2.83. The lowest BCUT2D eigenvalue weighted by atomic mass is 10.2. The lowest BCUT2D eigenvalue weighted by Gasteiger charge is -2.03. The van der Waals surface area contributed by atoms with Crippen molar-refractivity contribution in [1.82, 2.24) is 18.3 Å². The first kappa shape index (κ1) is 10.1. The highest BCUT2D eigenvalue weighted by Crippen LogP contribution is 2.04. The zero-order valence-electron chi connectivity index (χ0n) is 8.78. The van der Waals surface area contributed by atoms with Gasteiger partial charge in [0.25, 0.3) is 5.56 Å². The van der Waals surface area contributed by atoms with Crippen molar-refractivity contribution in [2.75, 3.05) is 0 Å². The molecule has 3 rings (SSSR count). The molecule has 0 fully saturated rings. The molecule has 3 aromatic rings. The fourth-order valence-electron chi connectivity index (χ4n) is 1.61. The molecule has 0 bridgehead atoms. The van der Waals surface area contributed by atoms with Crippen molar-refractivity contribution in [2.45, 2.75) is 6.54 Å². The lowest BCUT2D eigenvalue weighted by molar-refractivity contribution is 0.746. The number of aromatic nitrogens is 4. The number of nitrogens with zero attached hydrogens (tertiary/aromatic N) is 4. The van der Waals surface area contributed by atoms with Crippen LogP contribution in [0.2, 0.25) is 0 Å². The van der Waals surface area contributed by atoms with E-state index < -0.39 is 0 Å². The molecular formula is C11H8N4OS. The second kappa shape index (κ2) is 4.06. The average molecular weight is 244 g/mol. The van der Waals surface area contributed by atoms with Gasteiger partial charge in [0, 0.05) is 0 Å². The standard InChI is InChI=1S/C11H8N4OS/c16-11-9-10(14-17-13-9)12-7-15(11)6-8-4-2-1-3-5-8/h1-5,7H,6H2. The Bertz CT molecular complexity index is 704. The molecule has 2 heterocycles. The van der Waals surface area contributed by atoms with Gasteiger partial charge in [0.15, 0.2) is 11.2 Å². The van der Waals surface area contributed by atoms with Crippen LogP contribution < -0.4 is 5.56 Å². The van der Waals surface area contributed by atoms with Crippen LogP contribution in [0.25, 0.3) is 11.2 Å². The monoisotopic (exact) mass is 244 g/mol. The molecular weight excluding hydrogens is 236 g/mol. The van der Waals surface area contributed by atoms with Gasteiger partial charge in [-0.05, 0) is 5.56 Å². The predicted molar refractivity (Wildman–Crippen MR) is 65.0 cm³/mol. The van der Waals surface area contributed by atoms with Crippen LogP contribution >= 0.6 is 11.7 Å². The van der Waals surface area contributed by atoms with E-state index in [-0.39, 0.29) is 5.56 Å². The van der Waals surface area contributed by atoms with Crippen molar-refractivity contribution in [3.05, 3.63) is 52.6 Å². The van der Waals surface area contributed by atoms with E-state index in [0.717, 1.165) is 17.3 Å². The minimum Gasteiger partial charge on any atom is -0.293 e. The summed E-state index contributed by atoms with van der Waals surface area (Å²) >= 11 is 1.01. The Kier molecular flexibility index (Phi) is 2.41. The summed E-state index contributed by atoms with van der Waals surface area (Å²) in [6, 6.07) is 9.76. The first-order chi connectivity index (χ1) is 8.34. The summed E-state index contributed by atoms with van der Waals surface area (Å²) in [4.78, 5) is 16.1. The van der Waals surface area contributed by atoms with E-state index in [4.69, 9.17) is 0 Å². The van der Waals surface area contributed by atoms with E-state index in [1.54, 1.807) is 4.57 Å². The molecule has 0 aliphatic heterocycles. The van der Waals surface area contributed by atoms with Crippen LogP contribution in [0.15, 0.2) is 41.5 Å². The van der Waals surface area contributed by atoms with Gasteiger partial charge >= 0.3 is 0 Å². The molecule has 0 aliphatic carbocycles. The maximum atomic E-state index is 12.0. The first-order valence-corrected chi connectivity index (χ1v) is 5.79. The summed E-state index contributed by atoms with van der Waals surface area (Å²) in [5.74, 6) is 0. The highest BCUT2D eigenvalue weighted by Gasteiger charge is 2.07. The van der Waals surface area contributed by atoms with Crippen molar-refractivity contribution in [3.63, 3.8) is 0 Å². The number of hydrogen-bond acceptors (Lipinski definition) is 5. The molecule has 2 aromatic heterocycles. The summed E-state index contributed by atoms with van der Waals surface area (Å²) in [6.07, 6.45) is 1.51. The minimum atomic E-state index is -0.146. The molecule has 0 atom stereocenters. The number of benzene rings is 1. The van der Waals surface area contributed by atoms with Gasteiger partial charge in [-0.2, -0.15) is 8.75 Å². The zero-order chi connectivity index (χ0) is 11.7. The maximum Gasteiger partial charge on any atom is 0.283 e. The first-order valence-electron chi connectivity index (χ1n) is 5.06. The summed E-state index contributed by atoms with van der Waals surface area (Å²) in [7, 11) is 0. The fraction of sp³-hybridized carbons (Fsp3) is 0.0909. The Morgan fingerprint density at radius 1 is 1.18 bits per heavy atom. The Morgan fingerprint density at radius 3 is 2.82 bits per heavy atom. The van der Waals surface area contributed by atoms with Crippen LogP contribution in [0, 0.1) is 0 Å². The molecule has 0 aliphatic rings. The number of rotatable bonds is 2. The Hall–Kier alpha value is -2.08. The van der Waals surface area contributed by atoms with E-state index in [1.165, 1.54) is 6.33 Å². The molecule has 84 valence electrons. The molecule has 17 heavy (non-hydrogen) atoms. The Morgan fingerprint density at radius 2 is 2.00 bits per heavy atom. The molecule has 1 aromatic carbocycles. The predicted octanol–water partition coefficient (Wildman–Crippen LogP) is 1.30. The Balaban J connectivity index is 2.07. The van der Waals surface area contributed by atoms with Crippen molar-refractivity contribution < 1.29 is 0 Å². The molecule has 0 N–H and O–H groups in total. The van der Waals surface area contributed by atoms with Crippen LogP contribution in [-0.4, -0.2) is 18.3 Å². The molecule has 0 radical (unpaired) electrons. The van der Waals surface area contributed by atoms with Gasteiger partial charge < -0.3 is 0 Å². The molecule has 5 nitrogen and oxygen atoms in total. The molecule has 0 saturated heterocycles. The van der Waals surface area contributed by atoms with E-state index in [1.807, 2.05) is 30.3 Å². The topological polar surface area (TPSA) is 60.7 Å². The number of fused-ring (bicyclic) bond motifs is 1. The van der Waals surface area contributed by atoms with Gasteiger partial charge in [0.2, 0.25) is 0 Å². The Labute approximate surface area is 101 Å². The quantitative estimate of drug-likeness (QED) is 0.681. The van der Waals surface area contributed by atoms with E-state index in [2.05, 4.69) is 13.7 Å². The van der Waals surface area contributed by atoms with Gasteiger partial charge in [0.05, 0.1) is 18.3 Å². The van der Waals surface area contributed by atoms with E-state index in [0.29, 0.717) is 17.7 Å². The molecule has 0 spiro atoms. The van der Waals surface area contributed by atoms with Gasteiger partial charge in [-0.3, -0.25) is 9.36 Å². The second-order valence-electron chi connectivity index (χ2n) is 3.60.